The number of aryl methyl sites for hydroxylation is 1. The zero-order valence-corrected chi connectivity index (χ0v) is 31.9. The molecule has 4 heterocycles. The largest absolute Gasteiger partial charge is 0.485 e. The zero-order chi connectivity index (χ0) is 37.0. The standard InChI is InChI=1S/C39H62FN7O5/c1-5-6-7-8-9-10-11-15-47-25-42-38(44-30-12-17-46(18-13-30)29(4)48)20-35(47)39(50)41-21-31(49)22-45-16-14-32-27(2)36(19-34(40)33(32)23-45)51-24-37-28(3)43-26-52-37/h19,26,30-31,35,38,42,44,49H,5-18,20-25H2,1-4H3,(H,41,50)/t31-,35?,38?/m0/s1. The lowest BCUT2D eigenvalue weighted by atomic mass is 9.93. The van der Waals surface area contributed by atoms with Gasteiger partial charge >= 0.3 is 0 Å². The van der Waals surface area contributed by atoms with Crippen molar-refractivity contribution in [2.45, 2.75) is 136 Å². The molecule has 2 saturated heterocycles. The Bertz CT molecular complexity index is 1450. The second-order valence-corrected chi connectivity index (χ2v) is 15.0. The summed E-state index contributed by atoms with van der Waals surface area (Å²) in [5, 5.41) is 21.4. The summed E-state index contributed by atoms with van der Waals surface area (Å²) in [7, 11) is 0. The third kappa shape index (κ3) is 11.2. The van der Waals surface area contributed by atoms with Crippen LogP contribution in [0.3, 0.4) is 0 Å². The number of β-amino-alcohol motifs (C(OH)–C–C–N with tert-alkyl or cyclic N) is 1. The molecule has 290 valence electrons. The number of rotatable bonds is 18. The van der Waals surface area contributed by atoms with Gasteiger partial charge in [0.2, 0.25) is 11.8 Å². The molecule has 3 aliphatic rings. The molecule has 1 aromatic carbocycles. The van der Waals surface area contributed by atoms with Crippen LogP contribution in [0.25, 0.3) is 0 Å². The van der Waals surface area contributed by atoms with Crippen molar-refractivity contribution in [2.24, 2.45) is 0 Å². The number of hydrogen-bond donors (Lipinski definition) is 4. The first-order valence-corrected chi connectivity index (χ1v) is 19.6. The van der Waals surface area contributed by atoms with Crippen molar-refractivity contribution in [3.05, 3.63) is 46.4 Å². The van der Waals surface area contributed by atoms with Crippen LogP contribution < -0.4 is 20.7 Å². The van der Waals surface area contributed by atoms with E-state index in [4.69, 9.17) is 9.15 Å². The minimum absolute atomic E-state index is 0.0104. The topological polar surface area (TPSA) is 135 Å². The van der Waals surface area contributed by atoms with E-state index in [0.29, 0.717) is 62.3 Å². The number of ether oxygens (including phenoxy) is 1. The second kappa shape index (κ2) is 19.8. The number of nitrogens with zero attached hydrogens (tertiary/aromatic N) is 4. The van der Waals surface area contributed by atoms with Crippen molar-refractivity contribution in [1.29, 1.82) is 0 Å². The molecule has 0 saturated carbocycles. The number of carbonyl (C=O) groups excluding carboxylic acids is 2. The van der Waals surface area contributed by atoms with Gasteiger partial charge in [-0.2, -0.15) is 0 Å². The summed E-state index contributed by atoms with van der Waals surface area (Å²) in [5.74, 6) is 0.844. The van der Waals surface area contributed by atoms with Crippen LogP contribution >= 0.6 is 0 Å². The molecule has 2 aromatic rings. The summed E-state index contributed by atoms with van der Waals surface area (Å²) in [5.41, 5.74) is 3.24. The lowest BCUT2D eigenvalue weighted by molar-refractivity contribution is -0.131. The van der Waals surface area contributed by atoms with E-state index in [1.54, 1.807) is 6.92 Å². The molecule has 13 heteroatoms. The molecule has 5 rings (SSSR count). The Morgan fingerprint density at radius 1 is 1.12 bits per heavy atom. The number of carbonyl (C=O) groups is 2. The molecular weight excluding hydrogens is 665 g/mol. The summed E-state index contributed by atoms with van der Waals surface area (Å²) in [6.45, 7) is 12.3. The number of amides is 2. The highest BCUT2D eigenvalue weighted by molar-refractivity contribution is 5.82. The fourth-order valence-electron chi connectivity index (χ4n) is 7.87. The maximum Gasteiger partial charge on any atom is 0.237 e. The smallest absolute Gasteiger partial charge is 0.237 e. The first-order valence-electron chi connectivity index (χ1n) is 19.6. The fraction of sp³-hybridized carbons (Fsp3) is 0.718. The number of aromatic nitrogens is 1. The van der Waals surface area contributed by atoms with Gasteiger partial charge in [-0.25, -0.2) is 9.37 Å². The molecule has 52 heavy (non-hydrogen) atoms. The number of aliphatic hydroxyl groups excluding tert-OH is 1. The summed E-state index contributed by atoms with van der Waals surface area (Å²) in [6, 6.07) is 1.42. The number of piperidine rings is 1. The van der Waals surface area contributed by atoms with E-state index >= 15 is 4.39 Å². The number of oxazole rings is 1. The van der Waals surface area contributed by atoms with Gasteiger partial charge < -0.3 is 24.5 Å². The molecular formula is C39H62FN7O5. The van der Waals surface area contributed by atoms with Gasteiger partial charge in [-0.1, -0.05) is 45.4 Å². The number of fused-ring (bicyclic) bond motifs is 1. The highest BCUT2D eigenvalue weighted by Gasteiger charge is 2.35. The predicted octanol–water partition coefficient (Wildman–Crippen LogP) is 4.14. The maximum atomic E-state index is 15.4. The molecule has 0 bridgehead atoms. The number of hydrogen-bond acceptors (Lipinski definition) is 10. The number of likely N-dealkylation sites (tertiary alicyclic amines) is 1. The highest BCUT2D eigenvalue weighted by Crippen LogP contribution is 2.32. The van der Waals surface area contributed by atoms with Gasteiger partial charge in [0.1, 0.15) is 18.2 Å². The monoisotopic (exact) mass is 727 g/mol. The van der Waals surface area contributed by atoms with E-state index in [0.717, 1.165) is 62.1 Å². The number of halogens is 1. The van der Waals surface area contributed by atoms with Gasteiger partial charge in [0.25, 0.3) is 0 Å². The normalized spacial score (nSPS) is 20.8. The van der Waals surface area contributed by atoms with Gasteiger partial charge in [-0.3, -0.25) is 30.0 Å². The Labute approximate surface area is 309 Å². The predicted molar refractivity (Wildman–Crippen MR) is 198 cm³/mol. The summed E-state index contributed by atoms with van der Waals surface area (Å²) < 4.78 is 26.7. The Morgan fingerprint density at radius 3 is 2.58 bits per heavy atom. The van der Waals surface area contributed by atoms with Crippen molar-refractivity contribution in [1.82, 2.24) is 35.6 Å². The van der Waals surface area contributed by atoms with Crippen LogP contribution in [0.2, 0.25) is 0 Å². The Hall–Kier alpha value is -3.10. The zero-order valence-electron chi connectivity index (χ0n) is 31.9. The van der Waals surface area contributed by atoms with Gasteiger partial charge in [-0.15, -0.1) is 0 Å². The molecule has 0 aliphatic carbocycles. The highest BCUT2D eigenvalue weighted by atomic mass is 19.1. The number of benzene rings is 1. The molecule has 3 atom stereocenters. The first-order chi connectivity index (χ1) is 25.1. The van der Waals surface area contributed by atoms with Crippen LogP contribution in [0.1, 0.15) is 106 Å². The van der Waals surface area contributed by atoms with Crippen molar-refractivity contribution in [3.63, 3.8) is 0 Å². The molecule has 4 N–H and O–H groups in total. The Balaban J connectivity index is 1.11. The van der Waals surface area contributed by atoms with Gasteiger partial charge in [0.05, 0.1) is 24.0 Å². The van der Waals surface area contributed by atoms with Gasteiger partial charge in [0, 0.05) is 83.5 Å². The molecule has 0 spiro atoms. The molecule has 2 unspecified atom stereocenters. The Kier molecular flexibility index (Phi) is 15.3. The third-order valence-electron chi connectivity index (χ3n) is 11.1. The quantitative estimate of drug-likeness (QED) is 0.166. The second-order valence-electron chi connectivity index (χ2n) is 15.0. The van der Waals surface area contributed by atoms with E-state index < -0.39 is 6.10 Å². The van der Waals surface area contributed by atoms with E-state index in [9.17, 15) is 14.7 Å². The molecule has 2 fully saturated rings. The van der Waals surface area contributed by atoms with Crippen molar-refractivity contribution < 1.29 is 28.2 Å². The van der Waals surface area contributed by atoms with E-state index in [-0.39, 0.29) is 43.0 Å². The summed E-state index contributed by atoms with van der Waals surface area (Å²) in [6.07, 6.45) is 12.1. The first kappa shape index (κ1) is 40.1. The van der Waals surface area contributed by atoms with Gasteiger partial charge in [0.15, 0.2) is 12.2 Å². The minimum atomic E-state index is -0.791. The molecule has 3 aliphatic heterocycles. The summed E-state index contributed by atoms with van der Waals surface area (Å²) in [4.78, 5) is 35.8. The van der Waals surface area contributed by atoms with E-state index in [1.807, 2.05) is 18.7 Å². The maximum absolute atomic E-state index is 15.4. The molecule has 1 aromatic heterocycles. The number of unbranched alkanes of at least 4 members (excludes halogenated alkanes) is 6. The van der Waals surface area contributed by atoms with Crippen LogP contribution in [-0.4, -0.2) is 107 Å². The average Bonchev–Trinajstić information content (AvgIpc) is 3.55. The summed E-state index contributed by atoms with van der Waals surface area (Å²) >= 11 is 0. The lowest BCUT2D eigenvalue weighted by Crippen LogP contribution is -2.64. The average molecular weight is 728 g/mol. The van der Waals surface area contributed by atoms with Crippen LogP contribution in [0.15, 0.2) is 16.9 Å². The van der Waals surface area contributed by atoms with Gasteiger partial charge in [-0.05, 0) is 50.7 Å². The number of nitrogens with one attached hydrogen (secondary N) is 3. The van der Waals surface area contributed by atoms with Crippen molar-refractivity contribution in [3.8, 4) is 5.75 Å². The molecule has 2 amide bonds. The van der Waals surface area contributed by atoms with Crippen LogP contribution in [-0.2, 0) is 29.2 Å². The molecule has 12 nitrogen and oxygen atoms in total. The van der Waals surface area contributed by atoms with Crippen molar-refractivity contribution >= 4 is 11.8 Å². The third-order valence-corrected chi connectivity index (χ3v) is 11.1. The van der Waals surface area contributed by atoms with Crippen LogP contribution in [0.4, 0.5) is 4.39 Å². The number of aliphatic hydroxyl groups is 1. The van der Waals surface area contributed by atoms with E-state index in [2.05, 4.69) is 37.7 Å². The van der Waals surface area contributed by atoms with Crippen LogP contribution in [0.5, 0.6) is 5.75 Å². The minimum Gasteiger partial charge on any atom is -0.485 e. The Morgan fingerprint density at radius 2 is 1.87 bits per heavy atom. The molecule has 0 radical (unpaired) electrons. The SMILES string of the molecule is CCCCCCCCCN1CNC(NC2CCN(C(C)=O)CC2)CC1C(=O)NC[C@H](O)CN1CCc2c(C)c(OCc3ocnc3C)cc(F)c2C1. The lowest BCUT2D eigenvalue weighted by Gasteiger charge is -2.42. The fourth-order valence-corrected chi connectivity index (χ4v) is 7.87. The van der Waals surface area contributed by atoms with E-state index in [1.165, 1.54) is 44.6 Å². The van der Waals surface area contributed by atoms with Crippen LogP contribution in [0, 0.1) is 19.7 Å². The van der Waals surface area contributed by atoms with Crippen molar-refractivity contribution in [2.75, 3.05) is 45.9 Å².